The molecule has 2 heterocycles. The molecule has 0 bridgehead atoms. The lowest BCUT2D eigenvalue weighted by atomic mass is 10.0. The van der Waals surface area contributed by atoms with Gasteiger partial charge >= 0.3 is 0 Å². The number of nitrogen functional groups attached to an aromatic ring is 1. The Labute approximate surface area is 167 Å². The zero-order valence-electron chi connectivity index (χ0n) is 15.9. The summed E-state index contributed by atoms with van der Waals surface area (Å²) in [6.07, 6.45) is 1.43. The number of rotatable bonds is 5. The second kappa shape index (κ2) is 7.44. The van der Waals surface area contributed by atoms with Gasteiger partial charge in [0.25, 0.3) is 0 Å². The maximum Gasteiger partial charge on any atom is 0.248 e. The van der Waals surface area contributed by atoms with Crippen molar-refractivity contribution < 1.29 is 4.74 Å². The summed E-state index contributed by atoms with van der Waals surface area (Å²) in [5.41, 5.74) is 9.94. The molecule has 0 amide bonds. The molecule has 4 aromatic rings. The number of anilines is 3. The minimum Gasteiger partial charge on any atom is -0.437 e. The number of ether oxygens (including phenoxy) is 1. The van der Waals surface area contributed by atoms with E-state index in [2.05, 4.69) is 34.1 Å². The highest BCUT2D eigenvalue weighted by atomic mass is 32.1. The van der Waals surface area contributed by atoms with Crippen LogP contribution in [0.1, 0.15) is 30.9 Å². The van der Waals surface area contributed by atoms with Crippen LogP contribution in [0.15, 0.2) is 48.8 Å². The Bertz CT molecular complexity index is 1120. The Kier molecular flexibility index (Phi) is 4.83. The molecule has 7 heteroatoms. The molecule has 0 radical (unpaired) electrons. The first-order valence-corrected chi connectivity index (χ1v) is 9.84. The Hall–Kier alpha value is -3.19. The van der Waals surface area contributed by atoms with E-state index in [0.717, 1.165) is 20.9 Å². The molecule has 0 saturated carbocycles. The lowest BCUT2D eigenvalue weighted by Crippen LogP contribution is -2.03. The van der Waals surface area contributed by atoms with E-state index in [1.165, 1.54) is 11.9 Å². The summed E-state index contributed by atoms with van der Waals surface area (Å²) < 4.78 is 6.98. The molecule has 2 aromatic heterocycles. The van der Waals surface area contributed by atoms with Gasteiger partial charge in [-0.25, -0.2) is 9.97 Å². The first-order chi connectivity index (χ1) is 13.5. The number of nitrogens with one attached hydrogen (secondary N) is 1. The van der Waals surface area contributed by atoms with E-state index in [-0.39, 0.29) is 0 Å². The fourth-order valence-corrected chi connectivity index (χ4v) is 3.78. The van der Waals surface area contributed by atoms with Gasteiger partial charge in [0, 0.05) is 0 Å². The van der Waals surface area contributed by atoms with Crippen LogP contribution < -0.4 is 15.8 Å². The molecular weight excluding hydrogens is 370 g/mol. The van der Waals surface area contributed by atoms with E-state index in [9.17, 15) is 0 Å². The summed E-state index contributed by atoms with van der Waals surface area (Å²) in [5, 5.41) is 3.91. The summed E-state index contributed by atoms with van der Waals surface area (Å²) in [6, 6.07) is 14.0. The molecule has 142 valence electrons. The average Bonchev–Trinajstić information content (AvgIpc) is 3.09. The van der Waals surface area contributed by atoms with Crippen LogP contribution in [0.4, 0.5) is 16.6 Å². The van der Waals surface area contributed by atoms with E-state index in [0.29, 0.717) is 29.1 Å². The van der Waals surface area contributed by atoms with Gasteiger partial charge in [0.2, 0.25) is 5.88 Å². The first kappa shape index (κ1) is 18.2. The topological polar surface area (TPSA) is 86.0 Å². The van der Waals surface area contributed by atoms with Crippen LogP contribution in [0.2, 0.25) is 0 Å². The van der Waals surface area contributed by atoms with Crippen molar-refractivity contribution in [1.29, 1.82) is 0 Å². The largest absolute Gasteiger partial charge is 0.437 e. The number of hydrogen-bond donors (Lipinski definition) is 2. The van der Waals surface area contributed by atoms with Crippen LogP contribution in [-0.4, -0.2) is 15.0 Å². The normalized spacial score (nSPS) is 11.1. The predicted molar refractivity (Wildman–Crippen MR) is 115 cm³/mol. The summed E-state index contributed by atoms with van der Waals surface area (Å²) in [7, 11) is 0. The molecule has 0 atom stereocenters. The maximum absolute atomic E-state index is 6.25. The third-order valence-electron chi connectivity index (χ3n) is 4.45. The summed E-state index contributed by atoms with van der Waals surface area (Å²) in [6.45, 7) is 6.35. The second-order valence-electron chi connectivity index (χ2n) is 6.83. The fourth-order valence-electron chi connectivity index (χ4n) is 2.83. The minimum absolute atomic E-state index is 0.312. The van der Waals surface area contributed by atoms with Crippen LogP contribution in [-0.2, 0) is 0 Å². The minimum atomic E-state index is 0.312. The number of benzene rings is 2. The third-order valence-corrected chi connectivity index (χ3v) is 5.39. The SMILES string of the molecule is Cc1cccc2sc(Nc3ncnc(Oc4ccc(C(C)C)cc4)c3N)nc12. The molecule has 28 heavy (non-hydrogen) atoms. The molecular formula is C21H21N5OS. The summed E-state index contributed by atoms with van der Waals surface area (Å²) in [4.78, 5) is 13.1. The summed E-state index contributed by atoms with van der Waals surface area (Å²) >= 11 is 1.55. The van der Waals surface area contributed by atoms with Crippen molar-refractivity contribution in [1.82, 2.24) is 15.0 Å². The van der Waals surface area contributed by atoms with Gasteiger partial charge in [-0.3, -0.25) is 0 Å². The van der Waals surface area contributed by atoms with Crippen molar-refractivity contribution in [3.63, 3.8) is 0 Å². The Morgan fingerprint density at radius 2 is 1.86 bits per heavy atom. The molecule has 0 aliphatic heterocycles. The lowest BCUT2D eigenvalue weighted by Gasteiger charge is -2.11. The van der Waals surface area contributed by atoms with Gasteiger partial charge in [-0.05, 0) is 42.2 Å². The lowest BCUT2D eigenvalue weighted by molar-refractivity contribution is 0.464. The smallest absolute Gasteiger partial charge is 0.248 e. The van der Waals surface area contributed by atoms with Crippen LogP contribution in [0.5, 0.6) is 11.6 Å². The molecule has 0 spiro atoms. The maximum atomic E-state index is 6.25. The van der Waals surface area contributed by atoms with Crippen LogP contribution >= 0.6 is 11.3 Å². The zero-order chi connectivity index (χ0) is 19.7. The van der Waals surface area contributed by atoms with Crippen molar-refractivity contribution in [2.75, 3.05) is 11.1 Å². The number of hydrogen-bond acceptors (Lipinski definition) is 7. The Morgan fingerprint density at radius 1 is 1.07 bits per heavy atom. The highest BCUT2D eigenvalue weighted by molar-refractivity contribution is 7.22. The standard InChI is InChI=1S/C21H21N5OS/c1-12(2)14-7-9-15(10-8-14)27-20-17(22)19(23-11-24-20)26-21-25-18-13(3)5-4-6-16(18)28-21/h4-12H,22H2,1-3H3,(H,23,24,25,26). The quantitative estimate of drug-likeness (QED) is 0.458. The zero-order valence-corrected chi connectivity index (χ0v) is 16.7. The molecule has 6 nitrogen and oxygen atoms in total. The highest BCUT2D eigenvalue weighted by Crippen LogP contribution is 2.34. The van der Waals surface area contributed by atoms with Gasteiger partial charge < -0.3 is 15.8 Å². The molecule has 0 fully saturated rings. The van der Waals surface area contributed by atoms with Crippen molar-refractivity contribution in [2.45, 2.75) is 26.7 Å². The third kappa shape index (κ3) is 3.61. The number of aryl methyl sites for hydroxylation is 1. The average molecular weight is 392 g/mol. The first-order valence-electron chi connectivity index (χ1n) is 9.02. The van der Waals surface area contributed by atoms with Gasteiger partial charge in [-0.1, -0.05) is 49.4 Å². The van der Waals surface area contributed by atoms with Gasteiger partial charge in [0.1, 0.15) is 17.8 Å². The van der Waals surface area contributed by atoms with E-state index >= 15 is 0 Å². The van der Waals surface area contributed by atoms with E-state index in [1.807, 2.05) is 49.4 Å². The highest BCUT2D eigenvalue weighted by Gasteiger charge is 2.13. The van der Waals surface area contributed by atoms with Gasteiger partial charge in [0.05, 0.1) is 10.2 Å². The number of nitrogens with zero attached hydrogens (tertiary/aromatic N) is 3. The summed E-state index contributed by atoms with van der Waals surface area (Å²) in [5.74, 6) is 1.93. The number of fused-ring (bicyclic) bond motifs is 1. The van der Waals surface area contributed by atoms with Crippen LogP contribution in [0.25, 0.3) is 10.2 Å². The van der Waals surface area contributed by atoms with Crippen LogP contribution in [0, 0.1) is 6.92 Å². The van der Waals surface area contributed by atoms with Crippen molar-refractivity contribution in [3.8, 4) is 11.6 Å². The predicted octanol–water partition coefficient (Wildman–Crippen LogP) is 5.64. The van der Waals surface area contributed by atoms with Gasteiger partial charge in [-0.15, -0.1) is 0 Å². The van der Waals surface area contributed by atoms with Crippen LogP contribution in [0.3, 0.4) is 0 Å². The molecule has 2 aromatic carbocycles. The Morgan fingerprint density at radius 3 is 2.57 bits per heavy atom. The molecule has 4 rings (SSSR count). The molecule has 0 unspecified atom stereocenters. The number of aromatic nitrogens is 3. The van der Waals surface area contributed by atoms with E-state index in [1.54, 1.807) is 11.3 Å². The van der Waals surface area contributed by atoms with E-state index < -0.39 is 0 Å². The Balaban J connectivity index is 1.58. The van der Waals surface area contributed by atoms with Gasteiger partial charge in [-0.2, -0.15) is 4.98 Å². The molecule has 0 saturated heterocycles. The van der Waals surface area contributed by atoms with Crippen molar-refractivity contribution >= 4 is 38.2 Å². The van der Waals surface area contributed by atoms with Gasteiger partial charge in [0.15, 0.2) is 10.9 Å². The number of para-hydroxylation sites is 1. The molecule has 3 N–H and O–H groups in total. The van der Waals surface area contributed by atoms with Crippen molar-refractivity contribution in [3.05, 3.63) is 59.9 Å². The molecule has 0 aliphatic rings. The molecule has 0 aliphatic carbocycles. The van der Waals surface area contributed by atoms with E-state index in [4.69, 9.17) is 10.5 Å². The monoisotopic (exact) mass is 391 g/mol. The second-order valence-corrected chi connectivity index (χ2v) is 7.86. The number of nitrogens with two attached hydrogens (primary N) is 1. The number of thiazole rings is 1. The van der Waals surface area contributed by atoms with Crippen molar-refractivity contribution in [2.24, 2.45) is 0 Å². The fraction of sp³-hybridized carbons (Fsp3) is 0.190.